The lowest BCUT2D eigenvalue weighted by Crippen LogP contribution is -2.33. The summed E-state index contributed by atoms with van der Waals surface area (Å²) < 4.78 is 0. The van der Waals surface area contributed by atoms with Crippen LogP contribution < -0.4 is 0 Å². The molecule has 1 amide bonds. The Morgan fingerprint density at radius 1 is 1.77 bits per heavy atom. The number of nitrogens with one attached hydrogen (secondary N) is 1. The van der Waals surface area contributed by atoms with Crippen molar-refractivity contribution < 1.29 is 4.79 Å². The van der Waals surface area contributed by atoms with E-state index < -0.39 is 0 Å². The Kier molecular flexibility index (Phi) is 2.04. The summed E-state index contributed by atoms with van der Waals surface area (Å²) in [5.41, 5.74) is 0.591. The predicted octanol–water partition coefficient (Wildman–Crippen LogP) is 1.03. The first-order valence-electron chi connectivity index (χ1n) is 4.59. The largest absolute Gasteiger partial charge is 0.335 e. The van der Waals surface area contributed by atoms with Gasteiger partial charge in [-0.1, -0.05) is 0 Å². The van der Waals surface area contributed by atoms with Crippen LogP contribution in [-0.4, -0.2) is 33.6 Å². The standard InChI is InChI=1S/C9H13N3O/c1-7-3-2-6-12(7)9(13)8-4-5-10-11-8/h4-5,7H,2-3,6H2,1H3,(H,10,11). The van der Waals surface area contributed by atoms with Gasteiger partial charge in [0.15, 0.2) is 0 Å². The smallest absolute Gasteiger partial charge is 0.272 e. The summed E-state index contributed by atoms with van der Waals surface area (Å²) in [5.74, 6) is 0.0718. The van der Waals surface area contributed by atoms with E-state index in [0.717, 1.165) is 19.4 Å². The number of aromatic nitrogens is 2. The normalized spacial score (nSPS) is 22.2. The molecule has 1 aliphatic heterocycles. The van der Waals surface area contributed by atoms with Gasteiger partial charge in [-0.05, 0) is 25.8 Å². The van der Waals surface area contributed by atoms with Crippen LogP contribution in [0.4, 0.5) is 0 Å². The molecule has 1 N–H and O–H groups in total. The van der Waals surface area contributed by atoms with E-state index in [1.54, 1.807) is 12.3 Å². The molecule has 1 atom stereocenters. The van der Waals surface area contributed by atoms with Crippen LogP contribution in [0.3, 0.4) is 0 Å². The van der Waals surface area contributed by atoms with E-state index in [0.29, 0.717) is 11.7 Å². The molecule has 4 heteroatoms. The minimum absolute atomic E-state index is 0.0718. The summed E-state index contributed by atoms with van der Waals surface area (Å²) in [6.45, 7) is 2.96. The number of H-pyrrole nitrogens is 1. The number of carbonyl (C=O) groups is 1. The van der Waals surface area contributed by atoms with Crippen molar-refractivity contribution in [1.29, 1.82) is 0 Å². The number of hydrogen-bond donors (Lipinski definition) is 1. The molecule has 1 aliphatic rings. The van der Waals surface area contributed by atoms with Gasteiger partial charge in [-0.25, -0.2) is 0 Å². The molecule has 1 fully saturated rings. The zero-order valence-electron chi connectivity index (χ0n) is 7.66. The third-order valence-electron chi connectivity index (χ3n) is 2.54. The summed E-state index contributed by atoms with van der Waals surface area (Å²) in [6.07, 6.45) is 3.83. The summed E-state index contributed by atoms with van der Waals surface area (Å²) in [7, 11) is 0. The van der Waals surface area contributed by atoms with Crippen molar-refractivity contribution in [2.45, 2.75) is 25.8 Å². The minimum atomic E-state index is 0.0718. The molecule has 0 aromatic carbocycles. The molecule has 0 saturated carbocycles. The van der Waals surface area contributed by atoms with Gasteiger partial charge >= 0.3 is 0 Å². The summed E-state index contributed by atoms with van der Waals surface area (Å²) in [4.78, 5) is 13.7. The maximum Gasteiger partial charge on any atom is 0.272 e. The number of carbonyl (C=O) groups excluding carboxylic acids is 1. The highest BCUT2D eigenvalue weighted by Crippen LogP contribution is 2.18. The summed E-state index contributed by atoms with van der Waals surface area (Å²) in [5, 5.41) is 6.46. The Hall–Kier alpha value is -1.32. The molecule has 2 rings (SSSR count). The van der Waals surface area contributed by atoms with Crippen molar-refractivity contribution in [3.05, 3.63) is 18.0 Å². The van der Waals surface area contributed by atoms with Gasteiger partial charge in [-0.15, -0.1) is 0 Å². The third kappa shape index (κ3) is 1.43. The fourth-order valence-corrected chi connectivity index (χ4v) is 1.76. The molecule has 70 valence electrons. The van der Waals surface area contributed by atoms with E-state index >= 15 is 0 Å². The van der Waals surface area contributed by atoms with Gasteiger partial charge in [0.05, 0.1) is 0 Å². The Bertz CT molecular complexity index is 294. The second-order valence-electron chi connectivity index (χ2n) is 3.46. The van der Waals surface area contributed by atoms with Crippen molar-refractivity contribution in [1.82, 2.24) is 15.1 Å². The van der Waals surface area contributed by atoms with Crippen LogP contribution in [-0.2, 0) is 0 Å². The van der Waals surface area contributed by atoms with Gasteiger partial charge in [0, 0.05) is 18.8 Å². The molecule has 1 aromatic rings. The SMILES string of the molecule is CC1CCCN1C(=O)c1ccn[nH]1. The lowest BCUT2D eigenvalue weighted by Gasteiger charge is -2.20. The fraction of sp³-hybridized carbons (Fsp3) is 0.556. The van der Waals surface area contributed by atoms with Crippen molar-refractivity contribution >= 4 is 5.91 Å². The highest BCUT2D eigenvalue weighted by Gasteiger charge is 2.26. The van der Waals surface area contributed by atoms with E-state index in [9.17, 15) is 4.79 Å². The van der Waals surface area contributed by atoms with Crippen LogP contribution in [0.2, 0.25) is 0 Å². The van der Waals surface area contributed by atoms with Crippen LogP contribution in [0.1, 0.15) is 30.3 Å². The van der Waals surface area contributed by atoms with Gasteiger partial charge in [-0.2, -0.15) is 5.10 Å². The lowest BCUT2D eigenvalue weighted by molar-refractivity contribution is 0.0741. The number of rotatable bonds is 1. The van der Waals surface area contributed by atoms with Crippen LogP contribution in [0.25, 0.3) is 0 Å². The number of amides is 1. The van der Waals surface area contributed by atoms with Crippen LogP contribution >= 0.6 is 0 Å². The summed E-state index contributed by atoms with van der Waals surface area (Å²) in [6, 6.07) is 2.09. The summed E-state index contributed by atoms with van der Waals surface area (Å²) >= 11 is 0. The monoisotopic (exact) mass is 179 g/mol. The molecule has 1 unspecified atom stereocenters. The molecule has 1 aromatic heterocycles. The Labute approximate surface area is 76.9 Å². The Morgan fingerprint density at radius 2 is 2.62 bits per heavy atom. The minimum Gasteiger partial charge on any atom is -0.335 e. The fourth-order valence-electron chi connectivity index (χ4n) is 1.76. The van der Waals surface area contributed by atoms with E-state index in [1.807, 2.05) is 4.90 Å². The Morgan fingerprint density at radius 3 is 3.15 bits per heavy atom. The number of nitrogens with zero attached hydrogens (tertiary/aromatic N) is 2. The van der Waals surface area contributed by atoms with Crippen molar-refractivity contribution in [2.24, 2.45) is 0 Å². The molecule has 0 radical (unpaired) electrons. The second-order valence-corrected chi connectivity index (χ2v) is 3.46. The average Bonchev–Trinajstić information content (AvgIpc) is 2.72. The van der Waals surface area contributed by atoms with E-state index in [4.69, 9.17) is 0 Å². The predicted molar refractivity (Wildman–Crippen MR) is 48.3 cm³/mol. The number of aromatic amines is 1. The van der Waals surface area contributed by atoms with E-state index in [2.05, 4.69) is 17.1 Å². The average molecular weight is 179 g/mol. The Balaban J connectivity index is 2.13. The molecule has 4 nitrogen and oxygen atoms in total. The molecule has 2 heterocycles. The van der Waals surface area contributed by atoms with Crippen molar-refractivity contribution in [3.8, 4) is 0 Å². The first-order valence-corrected chi connectivity index (χ1v) is 4.59. The van der Waals surface area contributed by atoms with Crippen LogP contribution in [0, 0.1) is 0 Å². The maximum absolute atomic E-state index is 11.8. The highest BCUT2D eigenvalue weighted by molar-refractivity contribution is 5.92. The van der Waals surface area contributed by atoms with Gasteiger partial charge in [0.2, 0.25) is 0 Å². The number of hydrogen-bond acceptors (Lipinski definition) is 2. The number of likely N-dealkylation sites (tertiary alicyclic amines) is 1. The highest BCUT2D eigenvalue weighted by atomic mass is 16.2. The van der Waals surface area contributed by atoms with Crippen molar-refractivity contribution in [3.63, 3.8) is 0 Å². The molecule has 13 heavy (non-hydrogen) atoms. The quantitative estimate of drug-likeness (QED) is 0.700. The zero-order valence-corrected chi connectivity index (χ0v) is 7.66. The molecule has 0 bridgehead atoms. The third-order valence-corrected chi connectivity index (χ3v) is 2.54. The van der Waals surface area contributed by atoms with Crippen LogP contribution in [0.5, 0.6) is 0 Å². The van der Waals surface area contributed by atoms with Crippen molar-refractivity contribution in [2.75, 3.05) is 6.54 Å². The molecule has 1 saturated heterocycles. The molecular weight excluding hydrogens is 166 g/mol. The van der Waals surface area contributed by atoms with E-state index in [-0.39, 0.29) is 5.91 Å². The first-order chi connectivity index (χ1) is 6.29. The van der Waals surface area contributed by atoms with Gasteiger partial charge in [0.1, 0.15) is 5.69 Å². The molecule has 0 spiro atoms. The van der Waals surface area contributed by atoms with Gasteiger partial charge < -0.3 is 4.90 Å². The molecule has 0 aliphatic carbocycles. The van der Waals surface area contributed by atoms with Gasteiger partial charge in [0.25, 0.3) is 5.91 Å². The first kappa shape index (κ1) is 8.29. The van der Waals surface area contributed by atoms with Crippen LogP contribution in [0.15, 0.2) is 12.3 Å². The van der Waals surface area contributed by atoms with Gasteiger partial charge in [-0.3, -0.25) is 9.89 Å². The lowest BCUT2D eigenvalue weighted by atomic mass is 10.2. The molecular formula is C9H13N3O. The topological polar surface area (TPSA) is 49.0 Å². The second kappa shape index (κ2) is 3.20. The maximum atomic E-state index is 11.8. The van der Waals surface area contributed by atoms with E-state index in [1.165, 1.54) is 0 Å². The zero-order chi connectivity index (χ0) is 9.26.